The van der Waals surface area contributed by atoms with Crippen LogP contribution in [0.2, 0.25) is 0 Å². The molecule has 3 N–H and O–H groups in total. The first-order chi connectivity index (χ1) is 8.44. The summed E-state index contributed by atoms with van der Waals surface area (Å²) in [7, 11) is 3.76. The van der Waals surface area contributed by atoms with Gasteiger partial charge in [-0.2, -0.15) is 0 Å². The number of carbonyl (C=O) groups is 1. The third-order valence-electron chi connectivity index (χ3n) is 3.17. The summed E-state index contributed by atoms with van der Waals surface area (Å²) in [5, 5.41) is 2.87. The first kappa shape index (κ1) is 14.4. The molecule has 0 bridgehead atoms. The summed E-state index contributed by atoms with van der Waals surface area (Å²) in [5.41, 5.74) is 5.93. The molecule has 1 rings (SSSR count). The zero-order valence-electron chi connectivity index (χ0n) is 11.5. The van der Waals surface area contributed by atoms with E-state index in [1.807, 2.05) is 38.9 Å². The number of hydrogen-bond acceptors (Lipinski definition) is 4. The van der Waals surface area contributed by atoms with E-state index < -0.39 is 5.54 Å². The number of aromatic nitrogens is 1. The van der Waals surface area contributed by atoms with Gasteiger partial charge in [-0.1, -0.05) is 13.8 Å². The van der Waals surface area contributed by atoms with Crippen LogP contribution in [0.15, 0.2) is 18.3 Å². The van der Waals surface area contributed by atoms with Gasteiger partial charge in [-0.05, 0) is 25.0 Å². The molecule has 0 saturated carbocycles. The van der Waals surface area contributed by atoms with Crippen molar-refractivity contribution in [2.75, 3.05) is 24.3 Å². The molecule has 1 amide bonds. The number of rotatable bonds is 5. The predicted molar refractivity (Wildman–Crippen MR) is 74.7 cm³/mol. The van der Waals surface area contributed by atoms with Gasteiger partial charge in [0, 0.05) is 20.3 Å². The van der Waals surface area contributed by atoms with Gasteiger partial charge < -0.3 is 16.0 Å². The van der Waals surface area contributed by atoms with Crippen LogP contribution >= 0.6 is 0 Å². The molecule has 0 aliphatic heterocycles. The summed E-state index contributed by atoms with van der Waals surface area (Å²) in [5.74, 6) is 0.559. The molecule has 18 heavy (non-hydrogen) atoms. The molecule has 1 heterocycles. The van der Waals surface area contributed by atoms with Crippen LogP contribution in [-0.2, 0) is 4.79 Å². The van der Waals surface area contributed by atoms with E-state index in [4.69, 9.17) is 5.73 Å². The lowest BCUT2D eigenvalue weighted by atomic mass is 9.93. The fourth-order valence-corrected chi connectivity index (χ4v) is 1.67. The van der Waals surface area contributed by atoms with Gasteiger partial charge in [0.2, 0.25) is 5.91 Å². The number of nitrogens with two attached hydrogens (primary N) is 1. The maximum absolute atomic E-state index is 12.2. The van der Waals surface area contributed by atoms with Gasteiger partial charge in [0.1, 0.15) is 0 Å². The Bertz CT molecular complexity index is 413. The topological polar surface area (TPSA) is 71.2 Å². The van der Waals surface area contributed by atoms with Crippen molar-refractivity contribution in [1.82, 2.24) is 4.98 Å². The lowest BCUT2D eigenvalue weighted by Gasteiger charge is -2.26. The normalized spacial score (nSPS) is 11.2. The molecular formula is C13H22N4O. The Morgan fingerprint density at radius 2 is 2.06 bits per heavy atom. The van der Waals surface area contributed by atoms with Crippen molar-refractivity contribution < 1.29 is 4.79 Å². The lowest BCUT2D eigenvalue weighted by Crippen LogP contribution is -2.50. The Morgan fingerprint density at radius 1 is 1.44 bits per heavy atom. The molecule has 1 aromatic rings. The van der Waals surface area contributed by atoms with E-state index in [1.165, 1.54) is 0 Å². The van der Waals surface area contributed by atoms with Crippen molar-refractivity contribution in [3.05, 3.63) is 18.3 Å². The van der Waals surface area contributed by atoms with Crippen LogP contribution in [0.3, 0.4) is 0 Å². The van der Waals surface area contributed by atoms with E-state index in [-0.39, 0.29) is 5.91 Å². The fraction of sp³-hybridized carbons (Fsp3) is 0.538. The van der Waals surface area contributed by atoms with Gasteiger partial charge in [-0.15, -0.1) is 0 Å². The zero-order valence-corrected chi connectivity index (χ0v) is 11.5. The van der Waals surface area contributed by atoms with Crippen LogP contribution in [0.25, 0.3) is 0 Å². The second-order valence-corrected chi connectivity index (χ2v) is 4.59. The van der Waals surface area contributed by atoms with Crippen molar-refractivity contribution in [1.29, 1.82) is 0 Å². The monoisotopic (exact) mass is 250 g/mol. The first-order valence-electron chi connectivity index (χ1n) is 6.17. The van der Waals surface area contributed by atoms with Gasteiger partial charge in [-0.25, -0.2) is 4.98 Å². The highest BCUT2D eigenvalue weighted by molar-refractivity contribution is 5.99. The molecule has 0 unspecified atom stereocenters. The molecule has 0 fully saturated rings. The number of pyridine rings is 1. The van der Waals surface area contributed by atoms with Gasteiger partial charge in [0.15, 0.2) is 5.82 Å². The third-order valence-corrected chi connectivity index (χ3v) is 3.17. The highest BCUT2D eigenvalue weighted by atomic mass is 16.2. The molecule has 0 aliphatic carbocycles. The van der Waals surface area contributed by atoms with Crippen LogP contribution in [0.1, 0.15) is 26.7 Å². The van der Waals surface area contributed by atoms with Crippen molar-refractivity contribution in [3.63, 3.8) is 0 Å². The Hall–Kier alpha value is -1.62. The number of nitrogens with zero attached hydrogens (tertiary/aromatic N) is 2. The zero-order chi connectivity index (χ0) is 13.8. The van der Waals surface area contributed by atoms with Crippen molar-refractivity contribution in [3.8, 4) is 0 Å². The Balaban J connectivity index is 2.95. The molecule has 0 saturated heterocycles. The van der Waals surface area contributed by atoms with Gasteiger partial charge >= 0.3 is 0 Å². The van der Waals surface area contributed by atoms with E-state index in [1.54, 1.807) is 12.3 Å². The molecule has 5 heteroatoms. The largest absolute Gasteiger partial charge is 0.361 e. The van der Waals surface area contributed by atoms with Crippen LogP contribution in [0.4, 0.5) is 11.5 Å². The average Bonchev–Trinajstić information content (AvgIpc) is 2.38. The molecule has 5 nitrogen and oxygen atoms in total. The molecule has 1 aromatic heterocycles. The fourth-order valence-electron chi connectivity index (χ4n) is 1.67. The summed E-state index contributed by atoms with van der Waals surface area (Å²) < 4.78 is 0. The van der Waals surface area contributed by atoms with Crippen molar-refractivity contribution in [2.45, 2.75) is 32.2 Å². The minimum atomic E-state index is -0.820. The summed E-state index contributed by atoms with van der Waals surface area (Å²) >= 11 is 0. The van der Waals surface area contributed by atoms with E-state index >= 15 is 0 Å². The van der Waals surface area contributed by atoms with E-state index in [9.17, 15) is 4.79 Å². The summed E-state index contributed by atoms with van der Waals surface area (Å²) in [4.78, 5) is 18.3. The average molecular weight is 250 g/mol. The second kappa shape index (κ2) is 5.82. The molecule has 0 spiro atoms. The maximum Gasteiger partial charge on any atom is 0.244 e. The number of nitrogens with one attached hydrogen (secondary N) is 1. The molecule has 0 atom stereocenters. The van der Waals surface area contributed by atoms with Gasteiger partial charge in [0.05, 0.1) is 11.2 Å². The van der Waals surface area contributed by atoms with Crippen LogP contribution in [0, 0.1) is 0 Å². The molecule has 0 radical (unpaired) electrons. The van der Waals surface area contributed by atoms with Crippen molar-refractivity contribution >= 4 is 17.4 Å². The van der Waals surface area contributed by atoms with Crippen molar-refractivity contribution in [2.24, 2.45) is 5.73 Å². The van der Waals surface area contributed by atoms with E-state index in [0.717, 1.165) is 5.82 Å². The Kier molecular flexibility index (Phi) is 4.67. The Morgan fingerprint density at radius 3 is 2.56 bits per heavy atom. The van der Waals surface area contributed by atoms with Crippen LogP contribution in [-0.4, -0.2) is 30.5 Å². The number of anilines is 2. The van der Waals surface area contributed by atoms with Gasteiger partial charge in [-0.3, -0.25) is 4.79 Å². The minimum absolute atomic E-state index is 0.163. The quantitative estimate of drug-likeness (QED) is 0.832. The number of hydrogen-bond donors (Lipinski definition) is 2. The highest BCUT2D eigenvalue weighted by Crippen LogP contribution is 2.22. The summed E-state index contributed by atoms with van der Waals surface area (Å²) in [6.45, 7) is 3.83. The molecule has 0 aliphatic rings. The van der Waals surface area contributed by atoms with E-state index in [2.05, 4.69) is 10.3 Å². The lowest BCUT2D eigenvalue weighted by molar-refractivity contribution is -0.121. The summed E-state index contributed by atoms with van der Waals surface area (Å²) in [6.07, 6.45) is 2.90. The molecular weight excluding hydrogens is 228 g/mol. The smallest absolute Gasteiger partial charge is 0.244 e. The predicted octanol–water partition coefficient (Wildman–Crippen LogP) is 1.60. The summed E-state index contributed by atoms with van der Waals surface area (Å²) in [6, 6.07) is 3.62. The van der Waals surface area contributed by atoms with Crippen LogP contribution < -0.4 is 16.0 Å². The second-order valence-electron chi connectivity index (χ2n) is 4.59. The third kappa shape index (κ3) is 2.98. The van der Waals surface area contributed by atoms with Crippen LogP contribution in [0.5, 0.6) is 0 Å². The first-order valence-corrected chi connectivity index (χ1v) is 6.17. The Labute approximate surface area is 108 Å². The number of carbonyl (C=O) groups excluding carboxylic acids is 1. The standard InChI is InChI=1S/C13H22N4O/c1-5-13(14,6-2)12(18)16-10-8-7-9-15-11(10)17(3)4/h7-9H,5-6,14H2,1-4H3,(H,16,18). The van der Waals surface area contributed by atoms with Gasteiger partial charge in [0.25, 0.3) is 0 Å². The van der Waals surface area contributed by atoms with E-state index in [0.29, 0.717) is 18.5 Å². The molecule has 0 aromatic carbocycles. The number of amides is 1. The highest BCUT2D eigenvalue weighted by Gasteiger charge is 2.30. The maximum atomic E-state index is 12.2. The minimum Gasteiger partial charge on any atom is -0.361 e. The molecule has 100 valence electrons. The SMILES string of the molecule is CCC(N)(CC)C(=O)Nc1cccnc1N(C)C.